The molecule has 5 nitrogen and oxygen atoms in total. The van der Waals surface area contributed by atoms with Gasteiger partial charge in [-0.15, -0.1) is 0 Å². The summed E-state index contributed by atoms with van der Waals surface area (Å²) in [6.07, 6.45) is 0.540. The van der Waals surface area contributed by atoms with Gasteiger partial charge >= 0.3 is 0 Å². The second kappa shape index (κ2) is 6.16. The van der Waals surface area contributed by atoms with Gasteiger partial charge in [-0.1, -0.05) is 11.6 Å². The first-order valence-electron chi connectivity index (χ1n) is 5.31. The third-order valence-corrected chi connectivity index (χ3v) is 4.05. The molecule has 0 fully saturated rings. The van der Waals surface area contributed by atoms with Gasteiger partial charge in [0.2, 0.25) is 10.0 Å². The van der Waals surface area contributed by atoms with Crippen molar-refractivity contribution in [2.45, 2.75) is 24.3 Å². The van der Waals surface area contributed by atoms with E-state index in [4.69, 9.17) is 22.6 Å². The summed E-state index contributed by atoms with van der Waals surface area (Å²) in [5.41, 5.74) is 5.66. The van der Waals surface area contributed by atoms with E-state index >= 15 is 0 Å². The van der Waals surface area contributed by atoms with E-state index in [9.17, 15) is 8.42 Å². The van der Waals surface area contributed by atoms with Crippen molar-refractivity contribution >= 4 is 21.6 Å². The zero-order chi connectivity index (χ0) is 13.8. The fourth-order valence-electron chi connectivity index (χ4n) is 1.26. The Hall–Kier alpha value is -1.13. The Kier molecular flexibility index (Phi) is 5.11. The molecule has 98 valence electrons. The van der Waals surface area contributed by atoms with Gasteiger partial charge in [0.25, 0.3) is 0 Å². The average Bonchev–Trinajstić information content (AvgIpc) is 2.28. The number of benzene rings is 1. The topological polar surface area (TPSA) is 96.0 Å². The molecule has 1 aromatic carbocycles. The predicted molar refractivity (Wildman–Crippen MR) is 69.6 cm³/mol. The Morgan fingerprint density at radius 2 is 2.22 bits per heavy atom. The van der Waals surface area contributed by atoms with Gasteiger partial charge in [-0.25, -0.2) is 13.1 Å². The zero-order valence-electron chi connectivity index (χ0n) is 9.85. The number of nitrogens with zero attached hydrogens (tertiary/aromatic N) is 1. The maximum atomic E-state index is 11.9. The fraction of sp³-hybridized carbons (Fsp3) is 0.364. The van der Waals surface area contributed by atoms with E-state index in [2.05, 4.69) is 4.72 Å². The van der Waals surface area contributed by atoms with Gasteiger partial charge < -0.3 is 5.73 Å². The third kappa shape index (κ3) is 3.96. The lowest BCUT2D eigenvalue weighted by molar-refractivity contribution is 0.572. The van der Waals surface area contributed by atoms with E-state index in [1.165, 1.54) is 18.2 Å². The molecular formula is C11H14ClN3O2S. The smallest absolute Gasteiger partial charge is 0.240 e. The van der Waals surface area contributed by atoms with E-state index in [0.29, 0.717) is 6.42 Å². The van der Waals surface area contributed by atoms with Crippen LogP contribution < -0.4 is 10.5 Å². The van der Waals surface area contributed by atoms with Crippen molar-refractivity contribution < 1.29 is 8.42 Å². The van der Waals surface area contributed by atoms with Crippen LogP contribution in [-0.4, -0.2) is 21.0 Å². The minimum absolute atomic E-state index is 0.0214. The number of sulfonamides is 1. The van der Waals surface area contributed by atoms with Crippen LogP contribution in [0.3, 0.4) is 0 Å². The van der Waals surface area contributed by atoms with Gasteiger partial charge in [0.05, 0.1) is 15.5 Å². The maximum Gasteiger partial charge on any atom is 0.240 e. The van der Waals surface area contributed by atoms with Crippen molar-refractivity contribution in [2.24, 2.45) is 5.73 Å². The summed E-state index contributed by atoms with van der Waals surface area (Å²) >= 11 is 5.74. The Bertz CT molecular complexity index is 564. The van der Waals surface area contributed by atoms with Crippen LogP contribution in [0.5, 0.6) is 0 Å². The maximum absolute atomic E-state index is 11.9. The first-order chi connectivity index (χ1) is 8.36. The summed E-state index contributed by atoms with van der Waals surface area (Å²) in [6, 6.07) is 5.76. The second-order valence-corrected chi connectivity index (χ2v) is 6.09. The highest BCUT2D eigenvalue weighted by Crippen LogP contribution is 2.19. The molecule has 0 aliphatic heterocycles. The predicted octanol–water partition coefficient (Wildman–Crippen LogP) is 1.23. The molecule has 0 aromatic heterocycles. The van der Waals surface area contributed by atoms with Crippen molar-refractivity contribution in [3.05, 3.63) is 28.8 Å². The van der Waals surface area contributed by atoms with Gasteiger partial charge in [0.15, 0.2) is 0 Å². The summed E-state index contributed by atoms with van der Waals surface area (Å²) in [4.78, 5) is 0.0214. The molecule has 0 bridgehead atoms. The molecular weight excluding hydrogens is 274 g/mol. The minimum Gasteiger partial charge on any atom is -0.328 e. The molecule has 0 spiro atoms. The number of nitrogens with one attached hydrogen (secondary N) is 1. The van der Waals surface area contributed by atoms with Crippen molar-refractivity contribution in [2.75, 3.05) is 6.54 Å². The first-order valence-corrected chi connectivity index (χ1v) is 7.18. The monoisotopic (exact) mass is 287 g/mol. The highest BCUT2D eigenvalue weighted by Gasteiger charge is 2.15. The molecule has 0 amide bonds. The number of rotatable bonds is 5. The van der Waals surface area contributed by atoms with Crippen LogP contribution in [0.2, 0.25) is 5.02 Å². The molecule has 18 heavy (non-hydrogen) atoms. The van der Waals surface area contributed by atoms with Crippen LogP contribution in [0.15, 0.2) is 23.1 Å². The van der Waals surface area contributed by atoms with Gasteiger partial charge in [0.1, 0.15) is 6.07 Å². The lowest BCUT2D eigenvalue weighted by Gasteiger charge is -2.08. The van der Waals surface area contributed by atoms with Crippen LogP contribution >= 0.6 is 11.6 Å². The highest BCUT2D eigenvalue weighted by atomic mass is 35.5. The molecule has 0 aliphatic carbocycles. The van der Waals surface area contributed by atoms with Crippen molar-refractivity contribution in [1.82, 2.24) is 4.72 Å². The van der Waals surface area contributed by atoms with Crippen LogP contribution in [0.4, 0.5) is 0 Å². The molecule has 0 radical (unpaired) electrons. The molecule has 0 saturated carbocycles. The molecule has 0 aliphatic rings. The molecule has 1 unspecified atom stereocenters. The van der Waals surface area contributed by atoms with Crippen LogP contribution in [0.1, 0.15) is 18.9 Å². The normalized spacial score (nSPS) is 13.0. The van der Waals surface area contributed by atoms with Gasteiger partial charge in [-0.3, -0.25) is 0 Å². The zero-order valence-corrected chi connectivity index (χ0v) is 11.4. The summed E-state index contributed by atoms with van der Waals surface area (Å²) < 4.78 is 26.2. The molecule has 0 heterocycles. The molecule has 1 rings (SSSR count). The Labute approximate surface area is 112 Å². The Morgan fingerprint density at radius 1 is 1.56 bits per heavy atom. The highest BCUT2D eigenvalue weighted by molar-refractivity contribution is 7.89. The first kappa shape index (κ1) is 14.9. The summed E-state index contributed by atoms with van der Waals surface area (Å²) in [7, 11) is -3.62. The van der Waals surface area contributed by atoms with E-state index in [0.717, 1.165) is 0 Å². The van der Waals surface area contributed by atoms with E-state index < -0.39 is 10.0 Å². The Morgan fingerprint density at radius 3 is 2.78 bits per heavy atom. The molecule has 0 saturated heterocycles. The number of hydrogen-bond acceptors (Lipinski definition) is 4. The largest absolute Gasteiger partial charge is 0.328 e. The lowest BCUT2D eigenvalue weighted by atomic mass is 10.2. The fourth-order valence-corrected chi connectivity index (χ4v) is 2.49. The molecule has 1 atom stereocenters. The standard InChI is InChI=1S/C11H14ClN3O2S/c1-8(14)4-5-15-18(16,17)10-2-3-11(12)9(6-10)7-13/h2-3,6,8,15H,4-5,14H2,1H3. The van der Waals surface area contributed by atoms with Crippen LogP contribution in [0.25, 0.3) is 0 Å². The third-order valence-electron chi connectivity index (χ3n) is 2.26. The van der Waals surface area contributed by atoms with E-state index in [-0.39, 0.29) is 28.1 Å². The van der Waals surface area contributed by atoms with Gasteiger partial charge in [-0.05, 0) is 31.5 Å². The van der Waals surface area contributed by atoms with Crippen molar-refractivity contribution in [1.29, 1.82) is 5.26 Å². The van der Waals surface area contributed by atoms with Crippen molar-refractivity contribution in [3.63, 3.8) is 0 Å². The Balaban J connectivity index is 2.89. The van der Waals surface area contributed by atoms with E-state index in [1.54, 1.807) is 6.92 Å². The van der Waals surface area contributed by atoms with Crippen molar-refractivity contribution in [3.8, 4) is 6.07 Å². The average molecular weight is 288 g/mol. The van der Waals surface area contributed by atoms with Gasteiger partial charge in [0, 0.05) is 12.6 Å². The van der Waals surface area contributed by atoms with Crippen LogP contribution in [-0.2, 0) is 10.0 Å². The number of hydrogen-bond donors (Lipinski definition) is 2. The number of halogens is 1. The molecule has 3 N–H and O–H groups in total. The number of nitrogens with two attached hydrogens (primary N) is 1. The second-order valence-electron chi connectivity index (χ2n) is 3.92. The minimum atomic E-state index is -3.62. The number of nitriles is 1. The SMILES string of the molecule is CC(N)CCNS(=O)(=O)c1ccc(Cl)c(C#N)c1. The summed E-state index contributed by atoms with van der Waals surface area (Å²) in [5.74, 6) is 0. The summed E-state index contributed by atoms with van der Waals surface area (Å²) in [5, 5.41) is 9.02. The van der Waals surface area contributed by atoms with Crippen LogP contribution in [0, 0.1) is 11.3 Å². The molecule has 1 aromatic rings. The molecule has 7 heteroatoms. The summed E-state index contributed by atoms with van der Waals surface area (Å²) in [6.45, 7) is 2.05. The van der Waals surface area contributed by atoms with E-state index in [1.807, 2.05) is 6.07 Å². The lowest BCUT2D eigenvalue weighted by Crippen LogP contribution is -2.29. The van der Waals surface area contributed by atoms with Gasteiger partial charge in [-0.2, -0.15) is 5.26 Å². The quantitative estimate of drug-likeness (QED) is 0.851.